The molecule has 1 aromatic heterocycles. The second-order valence-corrected chi connectivity index (χ2v) is 3.08. The van der Waals surface area contributed by atoms with Gasteiger partial charge in [0, 0.05) is 12.5 Å². The van der Waals surface area contributed by atoms with Gasteiger partial charge in [-0.3, -0.25) is 4.79 Å². The Labute approximate surface area is 88.9 Å². The summed E-state index contributed by atoms with van der Waals surface area (Å²) in [6.45, 7) is 0. The zero-order chi connectivity index (χ0) is 11.5. The molecule has 2 rings (SSSR count). The molecule has 1 heterocycles. The third-order valence-corrected chi connectivity index (χ3v) is 1.95. The van der Waals surface area contributed by atoms with Gasteiger partial charge in [0.15, 0.2) is 5.82 Å². The van der Waals surface area contributed by atoms with Crippen LogP contribution < -0.4 is 0 Å². The minimum atomic E-state index is -0.683. The molecular weight excluding hydrogens is 218 g/mol. The van der Waals surface area contributed by atoms with E-state index in [1.807, 2.05) is 0 Å². The largest absolute Gasteiger partial charge is 0.331 e. The zero-order valence-electron chi connectivity index (χ0n) is 7.98. The molecule has 0 N–H and O–H groups in total. The first kappa shape index (κ1) is 10.4. The summed E-state index contributed by atoms with van der Waals surface area (Å²) in [7, 11) is 0. The van der Waals surface area contributed by atoms with Gasteiger partial charge in [-0.05, 0) is 11.6 Å². The van der Waals surface area contributed by atoms with Crippen molar-refractivity contribution in [1.29, 1.82) is 0 Å². The van der Waals surface area contributed by atoms with Gasteiger partial charge < -0.3 is 4.52 Å². The number of carbonyl (C=O) groups excluding carboxylic acids is 1. The van der Waals surface area contributed by atoms with E-state index in [1.54, 1.807) is 0 Å². The molecule has 0 saturated heterocycles. The summed E-state index contributed by atoms with van der Waals surface area (Å²) in [6.07, 6.45) is 0.445. The maximum atomic E-state index is 13.2. The molecule has 0 aliphatic rings. The van der Waals surface area contributed by atoms with Gasteiger partial charge in [-0.2, -0.15) is 4.98 Å². The Bertz CT molecular complexity index is 525. The molecular formula is C10H6F2N2O2. The molecule has 0 amide bonds. The number of hydrogen-bond acceptors (Lipinski definition) is 4. The van der Waals surface area contributed by atoms with Gasteiger partial charge in [-0.25, -0.2) is 8.78 Å². The second-order valence-electron chi connectivity index (χ2n) is 3.08. The van der Waals surface area contributed by atoms with Crippen molar-refractivity contribution >= 4 is 6.29 Å². The minimum Gasteiger partial charge on any atom is -0.331 e. The first-order valence-electron chi connectivity index (χ1n) is 4.41. The molecule has 0 saturated carbocycles. The topological polar surface area (TPSA) is 56.0 Å². The van der Waals surface area contributed by atoms with Crippen LogP contribution in [0.2, 0.25) is 0 Å². The predicted molar refractivity (Wildman–Crippen MR) is 48.8 cm³/mol. The minimum absolute atomic E-state index is 0.0451. The molecule has 16 heavy (non-hydrogen) atoms. The number of halogens is 2. The van der Waals surface area contributed by atoms with Crippen molar-refractivity contribution < 1.29 is 18.1 Å². The lowest BCUT2D eigenvalue weighted by Gasteiger charge is -1.98. The maximum Gasteiger partial charge on any atom is 0.290 e. The lowest BCUT2D eigenvalue weighted by atomic mass is 10.1. The van der Waals surface area contributed by atoms with E-state index < -0.39 is 11.6 Å². The highest BCUT2D eigenvalue weighted by Crippen LogP contribution is 2.12. The third kappa shape index (κ3) is 2.10. The van der Waals surface area contributed by atoms with Crippen LogP contribution in [-0.2, 0) is 6.42 Å². The molecule has 0 spiro atoms. The number of aldehydes is 1. The summed E-state index contributed by atoms with van der Waals surface area (Å²) in [5, 5.41) is 3.47. The average molecular weight is 224 g/mol. The van der Waals surface area contributed by atoms with Gasteiger partial charge in [-0.15, -0.1) is 0 Å². The fourth-order valence-electron chi connectivity index (χ4n) is 1.22. The van der Waals surface area contributed by atoms with Crippen molar-refractivity contribution in [2.75, 3.05) is 0 Å². The van der Waals surface area contributed by atoms with Crippen LogP contribution in [0.4, 0.5) is 8.78 Å². The molecule has 0 fully saturated rings. The van der Waals surface area contributed by atoms with E-state index in [1.165, 1.54) is 6.07 Å². The number of aromatic nitrogens is 2. The van der Waals surface area contributed by atoms with Gasteiger partial charge in [0.25, 0.3) is 5.89 Å². The average Bonchev–Trinajstić information content (AvgIpc) is 2.70. The van der Waals surface area contributed by atoms with Crippen LogP contribution in [0.25, 0.3) is 0 Å². The van der Waals surface area contributed by atoms with Crippen molar-refractivity contribution in [3.63, 3.8) is 0 Å². The fourth-order valence-corrected chi connectivity index (χ4v) is 1.22. The zero-order valence-corrected chi connectivity index (χ0v) is 7.98. The highest BCUT2D eigenvalue weighted by Gasteiger charge is 2.09. The first-order chi connectivity index (χ1) is 7.69. The van der Waals surface area contributed by atoms with Crippen molar-refractivity contribution in [3.8, 4) is 0 Å². The molecule has 82 valence electrons. The van der Waals surface area contributed by atoms with E-state index in [0.29, 0.717) is 6.29 Å². The molecule has 6 heteroatoms. The molecule has 0 atom stereocenters. The number of carbonyl (C=O) groups is 1. The number of hydrogen-bond donors (Lipinski definition) is 0. The standard InChI is InChI=1S/C10H6F2N2O2/c11-7-2-1-6(8(12)4-7)3-9-13-10(5-15)16-14-9/h1-2,4-5H,3H2. The molecule has 0 radical (unpaired) electrons. The van der Waals surface area contributed by atoms with E-state index in [-0.39, 0.29) is 23.7 Å². The summed E-state index contributed by atoms with van der Waals surface area (Å²) in [4.78, 5) is 13.9. The van der Waals surface area contributed by atoms with Crippen molar-refractivity contribution in [2.45, 2.75) is 6.42 Å². The van der Waals surface area contributed by atoms with Crippen molar-refractivity contribution in [3.05, 3.63) is 47.1 Å². The predicted octanol–water partition coefficient (Wildman–Crippen LogP) is 1.75. The van der Waals surface area contributed by atoms with Crippen molar-refractivity contribution in [2.24, 2.45) is 0 Å². The van der Waals surface area contributed by atoms with Crippen LogP contribution >= 0.6 is 0 Å². The molecule has 0 aliphatic carbocycles. The van der Waals surface area contributed by atoms with E-state index in [4.69, 9.17) is 0 Å². The van der Waals surface area contributed by atoms with Gasteiger partial charge in [0.1, 0.15) is 11.6 Å². The Morgan fingerprint density at radius 2 is 2.19 bits per heavy atom. The number of nitrogens with zero attached hydrogens (tertiary/aromatic N) is 2. The molecule has 0 unspecified atom stereocenters. The first-order valence-corrected chi connectivity index (χ1v) is 4.41. The Kier molecular flexibility index (Phi) is 2.72. The molecule has 1 aromatic carbocycles. The van der Waals surface area contributed by atoms with Crippen LogP contribution in [0.1, 0.15) is 22.1 Å². The lowest BCUT2D eigenvalue weighted by molar-refractivity contribution is 0.108. The summed E-state index contributed by atoms with van der Waals surface area (Å²) in [6, 6.07) is 3.21. The van der Waals surface area contributed by atoms with Gasteiger partial charge in [0.05, 0.1) is 0 Å². The van der Waals surface area contributed by atoms with Gasteiger partial charge >= 0.3 is 0 Å². The van der Waals surface area contributed by atoms with E-state index >= 15 is 0 Å². The molecule has 4 nitrogen and oxygen atoms in total. The van der Waals surface area contributed by atoms with Crippen LogP contribution in [0, 0.1) is 11.6 Å². The third-order valence-electron chi connectivity index (χ3n) is 1.95. The monoisotopic (exact) mass is 224 g/mol. The normalized spacial score (nSPS) is 10.4. The summed E-state index contributed by atoms with van der Waals surface area (Å²) in [5.41, 5.74) is 0.236. The van der Waals surface area contributed by atoms with E-state index in [9.17, 15) is 13.6 Å². The Morgan fingerprint density at radius 3 is 2.81 bits per heavy atom. The smallest absolute Gasteiger partial charge is 0.290 e. The molecule has 2 aromatic rings. The summed E-state index contributed by atoms with van der Waals surface area (Å²) >= 11 is 0. The van der Waals surface area contributed by atoms with Crippen LogP contribution in [0.15, 0.2) is 22.7 Å². The van der Waals surface area contributed by atoms with Crippen molar-refractivity contribution in [1.82, 2.24) is 10.1 Å². The van der Waals surface area contributed by atoms with Crippen LogP contribution in [0.3, 0.4) is 0 Å². The second kappa shape index (κ2) is 4.18. The SMILES string of the molecule is O=Cc1nc(Cc2ccc(F)cc2F)no1. The van der Waals surface area contributed by atoms with Crippen LogP contribution in [0.5, 0.6) is 0 Å². The number of rotatable bonds is 3. The molecule has 0 bridgehead atoms. The maximum absolute atomic E-state index is 13.2. The van der Waals surface area contributed by atoms with Gasteiger partial charge in [-0.1, -0.05) is 11.2 Å². The van der Waals surface area contributed by atoms with E-state index in [2.05, 4.69) is 14.7 Å². The quantitative estimate of drug-likeness (QED) is 0.745. The summed E-state index contributed by atoms with van der Waals surface area (Å²) in [5.74, 6) is -1.33. The fraction of sp³-hybridized carbons (Fsp3) is 0.100. The Balaban J connectivity index is 2.23. The molecule has 0 aliphatic heterocycles. The highest BCUT2D eigenvalue weighted by molar-refractivity contribution is 5.66. The Morgan fingerprint density at radius 1 is 1.38 bits per heavy atom. The van der Waals surface area contributed by atoms with Gasteiger partial charge in [0.2, 0.25) is 6.29 Å². The number of benzene rings is 1. The summed E-state index contributed by atoms with van der Waals surface area (Å²) < 4.78 is 30.4. The van der Waals surface area contributed by atoms with E-state index in [0.717, 1.165) is 12.1 Å². The highest BCUT2D eigenvalue weighted by atomic mass is 19.1. The van der Waals surface area contributed by atoms with Crippen LogP contribution in [-0.4, -0.2) is 16.4 Å². The Hall–Kier alpha value is -2.11. The lowest BCUT2D eigenvalue weighted by Crippen LogP contribution is -1.95.